The average Bonchev–Trinajstić information content (AvgIpc) is 2.98. The molecule has 0 radical (unpaired) electrons. The van der Waals surface area contributed by atoms with Crippen molar-refractivity contribution < 1.29 is 4.52 Å². The Labute approximate surface area is 119 Å². The number of hydrogen-bond acceptors (Lipinski definition) is 4. The molecule has 4 heteroatoms. The number of nitrogens with zero attached hydrogens (tertiary/aromatic N) is 3. The Bertz CT molecular complexity index is 542. The second-order valence-electron chi connectivity index (χ2n) is 5.76. The summed E-state index contributed by atoms with van der Waals surface area (Å²) in [6.07, 6.45) is 2.28. The molecule has 1 aliphatic rings. The van der Waals surface area contributed by atoms with Crippen molar-refractivity contribution in [2.24, 2.45) is 0 Å². The van der Waals surface area contributed by atoms with E-state index >= 15 is 0 Å². The van der Waals surface area contributed by atoms with E-state index in [0.717, 1.165) is 31.8 Å². The van der Waals surface area contributed by atoms with Gasteiger partial charge in [0.1, 0.15) is 0 Å². The Balaban J connectivity index is 1.63. The number of hydrogen-bond donors (Lipinski definition) is 0. The molecule has 0 unspecified atom stereocenters. The van der Waals surface area contributed by atoms with Gasteiger partial charge in [0.15, 0.2) is 5.82 Å². The molecule has 2 heterocycles. The van der Waals surface area contributed by atoms with Crippen LogP contribution >= 0.6 is 0 Å². The van der Waals surface area contributed by atoms with Crippen molar-refractivity contribution in [1.82, 2.24) is 10.1 Å². The zero-order chi connectivity index (χ0) is 13.9. The van der Waals surface area contributed by atoms with Crippen LogP contribution in [0.25, 0.3) is 0 Å². The molecular formula is C16H21N3O. The Morgan fingerprint density at radius 3 is 2.45 bits per heavy atom. The molecule has 0 bridgehead atoms. The first-order valence-electron chi connectivity index (χ1n) is 7.37. The fraction of sp³-hybridized carbons (Fsp3) is 0.500. The summed E-state index contributed by atoms with van der Waals surface area (Å²) in [4.78, 5) is 6.69. The van der Waals surface area contributed by atoms with Gasteiger partial charge in [-0.2, -0.15) is 4.98 Å². The average molecular weight is 271 g/mol. The third-order valence-corrected chi connectivity index (χ3v) is 3.98. The summed E-state index contributed by atoms with van der Waals surface area (Å²) in [6.45, 7) is 6.13. The van der Waals surface area contributed by atoms with Gasteiger partial charge < -0.3 is 9.42 Å². The van der Waals surface area contributed by atoms with Crippen molar-refractivity contribution in [2.45, 2.75) is 38.5 Å². The van der Waals surface area contributed by atoms with Gasteiger partial charge in [0.2, 0.25) is 0 Å². The molecule has 20 heavy (non-hydrogen) atoms. The molecule has 0 spiro atoms. The Morgan fingerprint density at radius 2 is 1.85 bits per heavy atom. The summed E-state index contributed by atoms with van der Waals surface area (Å²) >= 11 is 0. The van der Waals surface area contributed by atoms with Crippen LogP contribution in [0.3, 0.4) is 0 Å². The quantitative estimate of drug-likeness (QED) is 0.855. The zero-order valence-corrected chi connectivity index (χ0v) is 12.1. The predicted octanol–water partition coefficient (Wildman–Crippen LogP) is 3.58. The molecule has 1 aromatic heterocycles. The first-order valence-corrected chi connectivity index (χ1v) is 7.37. The van der Waals surface area contributed by atoms with E-state index < -0.39 is 0 Å². The van der Waals surface area contributed by atoms with Crippen molar-refractivity contribution in [1.29, 1.82) is 0 Å². The fourth-order valence-corrected chi connectivity index (χ4v) is 2.72. The molecule has 1 aromatic carbocycles. The van der Waals surface area contributed by atoms with Crippen molar-refractivity contribution in [3.05, 3.63) is 41.7 Å². The highest BCUT2D eigenvalue weighted by molar-refractivity contribution is 5.29. The van der Waals surface area contributed by atoms with Crippen molar-refractivity contribution in [3.8, 4) is 0 Å². The summed E-state index contributed by atoms with van der Waals surface area (Å²) < 4.78 is 5.37. The van der Waals surface area contributed by atoms with Gasteiger partial charge in [0.25, 0.3) is 0 Å². The van der Waals surface area contributed by atoms with Crippen LogP contribution in [0.1, 0.15) is 49.9 Å². The molecule has 0 amide bonds. The molecule has 0 atom stereocenters. The third-order valence-electron chi connectivity index (χ3n) is 3.98. The van der Waals surface area contributed by atoms with Crippen LogP contribution in [-0.4, -0.2) is 23.2 Å². The lowest BCUT2D eigenvalue weighted by molar-refractivity contribution is 0.387. The second-order valence-corrected chi connectivity index (χ2v) is 5.76. The summed E-state index contributed by atoms with van der Waals surface area (Å²) in [5.74, 6) is 1.76. The predicted molar refractivity (Wildman–Crippen MR) is 79.0 cm³/mol. The largest absolute Gasteiger partial charge is 0.324 e. The lowest BCUT2D eigenvalue weighted by Crippen LogP contribution is -2.33. The number of rotatable bonds is 3. The number of piperidine rings is 1. The molecule has 3 rings (SSSR count). The molecule has 4 nitrogen and oxygen atoms in total. The standard InChI is InChI=1S/C16H21N3O/c1-12(2)15-17-16(20-18-15)19-10-8-14(9-11-19)13-6-4-3-5-7-13/h3-7,12,14H,8-11H2,1-2H3. The minimum atomic E-state index is 0.314. The lowest BCUT2D eigenvalue weighted by Gasteiger charge is -2.30. The summed E-state index contributed by atoms with van der Waals surface area (Å²) in [6, 6.07) is 11.4. The zero-order valence-electron chi connectivity index (χ0n) is 12.1. The third kappa shape index (κ3) is 2.69. The molecule has 0 aliphatic carbocycles. The summed E-state index contributed by atoms with van der Waals surface area (Å²) in [5, 5.41) is 4.04. The van der Waals surface area contributed by atoms with E-state index in [1.165, 1.54) is 5.56 Å². The fourth-order valence-electron chi connectivity index (χ4n) is 2.72. The van der Waals surface area contributed by atoms with Crippen LogP contribution in [0.15, 0.2) is 34.9 Å². The van der Waals surface area contributed by atoms with Crippen molar-refractivity contribution in [3.63, 3.8) is 0 Å². The van der Waals surface area contributed by atoms with E-state index in [0.29, 0.717) is 17.9 Å². The minimum absolute atomic E-state index is 0.314. The first kappa shape index (κ1) is 13.2. The minimum Gasteiger partial charge on any atom is -0.324 e. The molecular weight excluding hydrogens is 250 g/mol. The molecule has 1 saturated heterocycles. The molecule has 2 aromatic rings. The van der Waals surface area contributed by atoms with Crippen LogP contribution in [0.2, 0.25) is 0 Å². The highest BCUT2D eigenvalue weighted by Gasteiger charge is 2.24. The van der Waals surface area contributed by atoms with E-state index in [1.54, 1.807) is 0 Å². The van der Waals surface area contributed by atoms with Crippen LogP contribution in [0.4, 0.5) is 6.01 Å². The molecule has 1 fully saturated rings. The number of anilines is 1. The van der Waals surface area contributed by atoms with Gasteiger partial charge in [-0.05, 0) is 24.3 Å². The lowest BCUT2D eigenvalue weighted by atomic mass is 9.90. The smallest absolute Gasteiger partial charge is 0.324 e. The number of benzene rings is 1. The van der Waals surface area contributed by atoms with E-state index in [1.807, 2.05) is 0 Å². The SMILES string of the molecule is CC(C)c1noc(N2CCC(c3ccccc3)CC2)n1. The molecule has 0 saturated carbocycles. The monoisotopic (exact) mass is 271 g/mol. The highest BCUT2D eigenvalue weighted by Crippen LogP contribution is 2.30. The van der Waals surface area contributed by atoms with E-state index in [4.69, 9.17) is 4.52 Å². The van der Waals surface area contributed by atoms with Gasteiger partial charge in [0, 0.05) is 19.0 Å². The van der Waals surface area contributed by atoms with E-state index in [-0.39, 0.29) is 0 Å². The Hall–Kier alpha value is -1.84. The van der Waals surface area contributed by atoms with Crippen LogP contribution in [0, 0.1) is 0 Å². The topological polar surface area (TPSA) is 42.2 Å². The maximum absolute atomic E-state index is 5.37. The first-order chi connectivity index (χ1) is 9.74. The van der Waals surface area contributed by atoms with Gasteiger partial charge in [-0.1, -0.05) is 49.3 Å². The van der Waals surface area contributed by atoms with Gasteiger partial charge in [-0.3, -0.25) is 0 Å². The maximum Gasteiger partial charge on any atom is 0.324 e. The molecule has 106 valence electrons. The van der Waals surface area contributed by atoms with Gasteiger partial charge in [-0.25, -0.2) is 0 Å². The number of aromatic nitrogens is 2. The van der Waals surface area contributed by atoms with Crippen molar-refractivity contribution >= 4 is 6.01 Å². The molecule has 0 N–H and O–H groups in total. The van der Waals surface area contributed by atoms with Crippen LogP contribution in [-0.2, 0) is 0 Å². The van der Waals surface area contributed by atoms with Gasteiger partial charge in [-0.15, -0.1) is 0 Å². The maximum atomic E-state index is 5.37. The summed E-state index contributed by atoms with van der Waals surface area (Å²) in [7, 11) is 0. The summed E-state index contributed by atoms with van der Waals surface area (Å²) in [5.41, 5.74) is 1.44. The van der Waals surface area contributed by atoms with Gasteiger partial charge in [0.05, 0.1) is 0 Å². The van der Waals surface area contributed by atoms with E-state index in [9.17, 15) is 0 Å². The second kappa shape index (κ2) is 5.65. The highest BCUT2D eigenvalue weighted by atomic mass is 16.5. The van der Waals surface area contributed by atoms with Crippen LogP contribution in [0.5, 0.6) is 0 Å². The van der Waals surface area contributed by atoms with Crippen molar-refractivity contribution in [2.75, 3.05) is 18.0 Å². The van der Waals surface area contributed by atoms with E-state index in [2.05, 4.69) is 59.2 Å². The Morgan fingerprint density at radius 1 is 1.15 bits per heavy atom. The Kier molecular flexibility index (Phi) is 3.72. The molecule has 1 aliphatic heterocycles. The van der Waals surface area contributed by atoms with Gasteiger partial charge >= 0.3 is 6.01 Å². The normalized spacial score (nSPS) is 16.9. The van der Waals surface area contributed by atoms with Crippen LogP contribution < -0.4 is 4.90 Å².